The molecule has 5 nitrogen and oxygen atoms in total. The van der Waals surface area contributed by atoms with Gasteiger partial charge in [-0.15, -0.1) is 0 Å². The molecule has 1 aliphatic rings. The molecule has 164 valence electrons. The van der Waals surface area contributed by atoms with Gasteiger partial charge in [-0.05, 0) is 60.3 Å². The standard InChI is InChI=1S/C23H32ClN3O2S/c1-23(2,3)19-5-11-22(12-6-19)30(28,29)25-13-4-14-26-15-17-27(18-16-26)21-9-7-20(24)8-10-21/h5-12,25H,4,13-18H2,1-3H3. The zero-order chi connectivity index (χ0) is 21.8. The fourth-order valence-corrected chi connectivity index (χ4v) is 4.81. The largest absolute Gasteiger partial charge is 0.369 e. The minimum absolute atomic E-state index is 0.00724. The van der Waals surface area contributed by atoms with E-state index in [1.54, 1.807) is 12.1 Å². The predicted octanol–water partition coefficient (Wildman–Crippen LogP) is 4.13. The fraction of sp³-hybridized carbons (Fsp3) is 0.478. The molecule has 1 fully saturated rings. The lowest BCUT2D eigenvalue weighted by Gasteiger charge is -2.36. The highest BCUT2D eigenvalue weighted by Gasteiger charge is 2.19. The summed E-state index contributed by atoms with van der Waals surface area (Å²) in [4.78, 5) is 5.07. The summed E-state index contributed by atoms with van der Waals surface area (Å²) in [6, 6.07) is 15.1. The lowest BCUT2D eigenvalue weighted by molar-refractivity contribution is 0.255. The molecule has 0 unspecified atom stereocenters. The van der Waals surface area contributed by atoms with Crippen LogP contribution in [0.2, 0.25) is 5.02 Å². The van der Waals surface area contributed by atoms with E-state index in [0.29, 0.717) is 11.4 Å². The molecular weight excluding hydrogens is 418 g/mol. The second-order valence-corrected chi connectivity index (χ2v) is 11.0. The first kappa shape index (κ1) is 23.1. The number of hydrogen-bond donors (Lipinski definition) is 1. The highest BCUT2D eigenvalue weighted by Crippen LogP contribution is 2.23. The maximum Gasteiger partial charge on any atom is 0.240 e. The molecular formula is C23H32ClN3O2S. The molecule has 1 saturated heterocycles. The van der Waals surface area contributed by atoms with Crippen molar-refractivity contribution in [2.45, 2.75) is 37.5 Å². The van der Waals surface area contributed by atoms with Gasteiger partial charge in [0.25, 0.3) is 0 Å². The number of rotatable bonds is 7. The lowest BCUT2D eigenvalue weighted by Crippen LogP contribution is -2.47. The van der Waals surface area contributed by atoms with E-state index >= 15 is 0 Å². The number of nitrogens with zero attached hydrogens (tertiary/aromatic N) is 2. The Balaban J connectivity index is 1.41. The number of piperazine rings is 1. The Labute approximate surface area is 186 Å². The van der Waals surface area contributed by atoms with Gasteiger partial charge in [0.05, 0.1) is 4.90 Å². The van der Waals surface area contributed by atoms with Gasteiger partial charge in [-0.2, -0.15) is 0 Å². The van der Waals surface area contributed by atoms with Crippen LogP contribution in [0.1, 0.15) is 32.8 Å². The van der Waals surface area contributed by atoms with E-state index in [1.165, 1.54) is 5.69 Å². The van der Waals surface area contributed by atoms with Crippen LogP contribution in [0.25, 0.3) is 0 Å². The van der Waals surface area contributed by atoms with Crippen LogP contribution >= 0.6 is 11.6 Å². The molecule has 0 bridgehead atoms. The van der Waals surface area contributed by atoms with Gasteiger partial charge < -0.3 is 4.90 Å². The van der Waals surface area contributed by atoms with Gasteiger partial charge in [0.15, 0.2) is 0 Å². The maximum absolute atomic E-state index is 12.5. The topological polar surface area (TPSA) is 52.7 Å². The van der Waals surface area contributed by atoms with Crippen LogP contribution in [-0.4, -0.2) is 52.6 Å². The Morgan fingerprint density at radius 1 is 0.933 bits per heavy atom. The van der Waals surface area contributed by atoms with Gasteiger partial charge in [0, 0.05) is 43.4 Å². The summed E-state index contributed by atoms with van der Waals surface area (Å²) >= 11 is 5.97. The molecule has 0 radical (unpaired) electrons. The molecule has 1 N–H and O–H groups in total. The van der Waals surface area contributed by atoms with Crippen molar-refractivity contribution in [2.75, 3.05) is 44.2 Å². The SMILES string of the molecule is CC(C)(C)c1ccc(S(=O)(=O)NCCCN2CCN(c3ccc(Cl)cc3)CC2)cc1. The van der Waals surface area contributed by atoms with E-state index in [2.05, 4.69) is 47.4 Å². The van der Waals surface area contributed by atoms with Crippen LogP contribution in [0.3, 0.4) is 0 Å². The smallest absolute Gasteiger partial charge is 0.240 e. The summed E-state index contributed by atoms with van der Waals surface area (Å²) in [7, 11) is -3.46. The van der Waals surface area contributed by atoms with E-state index in [-0.39, 0.29) is 5.41 Å². The lowest BCUT2D eigenvalue weighted by atomic mass is 9.87. The van der Waals surface area contributed by atoms with E-state index in [0.717, 1.165) is 49.7 Å². The van der Waals surface area contributed by atoms with Gasteiger partial charge in [-0.1, -0.05) is 44.5 Å². The first-order valence-electron chi connectivity index (χ1n) is 10.5. The normalized spacial score (nSPS) is 16.1. The van der Waals surface area contributed by atoms with Crippen LogP contribution in [0, 0.1) is 0 Å². The minimum Gasteiger partial charge on any atom is -0.369 e. The van der Waals surface area contributed by atoms with Crippen molar-refractivity contribution in [3.05, 3.63) is 59.1 Å². The molecule has 2 aromatic rings. The highest BCUT2D eigenvalue weighted by molar-refractivity contribution is 7.89. The van der Waals surface area contributed by atoms with Crippen LogP contribution in [-0.2, 0) is 15.4 Å². The van der Waals surface area contributed by atoms with Crippen molar-refractivity contribution in [1.82, 2.24) is 9.62 Å². The summed E-state index contributed by atoms with van der Waals surface area (Å²) in [5, 5.41) is 0.755. The van der Waals surface area contributed by atoms with Crippen molar-refractivity contribution in [3.8, 4) is 0 Å². The van der Waals surface area contributed by atoms with E-state index in [1.807, 2.05) is 24.3 Å². The zero-order valence-electron chi connectivity index (χ0n) is 18.1. The van der Waals surface area contributed by atoms with Crippen molar-refractivity contribution in [1.29, 1.82) is 0 Å². The molecule has 0 aliphatic carbocycles. The molecule has 2 aromatic carbocycles. The second kappa shape index (κ2) is 9.69. The number of anilines is 1. The average molecular weight is 450 g/mol. The molecule has 0 aromatic heterocycles. The molecule has 0 spiro atoms. The fourth-order valence-electron chi connectivity index (χ4n) is 3.61. The van der Waals surface area contributed by atoms with Gasteiger partial charge in [0.2, 0.25) is 10.0 Å². The van der Waals surface area contributed by atoms with Crippen LogP contribution in [0.15, 0.2) is 53.4 Å². The summed E-state index contributed by atoms with van der Waals surface area (Å²) in [6.07, 6.45) is 0.792. The molecule has 0 atom stereocenters. The Morgan fingerprint density at radius 2 is 1.53 bits per heavy atom. The summed E-state index contributed by atoms with van der Waals surface area (Å²) < 4.78 is 27.8. The minimum atomic E-state index is -3.46. The zero-order valence-corrected chi connectivity index (χ0v) is 19.6. The first-order valence-corrected chi connectivity index (χ1v) is 12.3. The number of sulfonamides is 1. The third kappa shape index (κ3) is 6.20. The highest BCUT2D eigenvalue weighted by atomic mass is 35.5. The molecule has 3 rings (SSSR count). The Hall–Kier alpha value is -1.60. The maximum atomic E-state index is 12.5. The quantitative estimate of drug-likeness (QED) is 0.646. The van der Waals surface area contributed by atoms with Crippen LogP contribution < -0.4 is 9.62 Å². The van der Waals surface area contributed by atoms with Crippen LogP contribution in [0.5, 0.6) is 0 Å². The van der Waals surface area contributed by atoms with Gasteiger partial charge >= 0.3 is 0 Å². The van der Waals surface area contributed by atoms with Crippen molar-refractivity contribution in [2.24, 2.45) is 0 Å². The first-order chi connectivity index (χ1) is 14.1. The Bertz CT molecular complexity index is 914. The molecule has 1 heterocycles. The summed E-state index contributed by atoms with van der Waals surface area (Å²) in [5.41, 5.74) is 2.33. The molecule has 30 heavy (non-hydrogen) atoms. The van der Waals surface area contributed by atoms with Crippen molar-refractivity contribution < 1.29 is 8.42 Å². The van der Waals surface area contributed by atoms with Gasteiger partial charge in [0.1, 0.15) is 0 Å². The Kier molecular flexibility index (Phi) is 7.45. The summed E-state index contributed by atoms with van der Waals surface area (Å²) in [5.74, 6) is 0. The monoisotopic (exact) mass is 449 g/mol. The number of benzene rings is 2. The van der Waals surface area contributed by atoms with Gasteiger partial charge in [-0.25, -0.2) is 13.1 Å². The molecule has 0 amide bonds. The Morgan fingerprint density at radius 3 is 2.10 bits per heavy atom. The number of nitrogens with one attached hydrogen (secondary N) is 1. The third-order valence-corrected chi connectivity index (χ3v) is 7.27. The van der Waals surface area contributed by atoms with Crippen molar-refractivity contribution >= 4 is 27.3 Å². The van der Waals surface area contributed by atoms with E-state index in [4.69, 9.17) is 11.6 Å². The second-order valence-electron chi connectivity index (χ2n) is 8.83. The van der Waals surface area contributed by atoms with Crippen molar-refractivity contribution in [3.63, 3.8) is 0 Å². The number of halogens is 1. The number of hydrogen-bond acceptors (Lipinski definition) is 4. The molecule has 1 aliphatic heterocycles. The van der Waals surface area contributed by atoms with E-state index < -0.39 is 10.0 Å². The molecule has 7 heteroatoms. The third-order valence-electron chi connectivity index (χ3n) is 5.54. The van der Waals surface area contributed by atoms with E-state index in [9.17, 15) is 8.42 Å². The molecule has 0 saturated carbocycles. The van der Waals surface area contributed by atoms with Crippen LogP contribution in [0.4, 0.5) is 5.69 Å². The van der Waals surface area contributed by atoms with Gasteiger partial charge in [-0.3, -0.25) is 4.90 Å². The summed E-state index contributed by atoms with van der Waals surface area (Å²) in [6.45, 7) is 11.6. The predicted molar refractivity (Wildman–Crippen MR) is 125 cm³/mol. The average Bonchev–Trinajstić information content (AvgIpc) is 2.72.